The van der Waals surface area contributed by atoms with Crippen molar-refractivity contribution in [1.29, 1.82) is 0 Å². The molecule has 0 radical (unpaired) electrons. The van der Waals surface area contributed by atoms with Gasteiger partial charge in [-0.05, 0) is 44.6 Å². The molecule has 0 aliphatic carbocycles. The zero-order valence-corrected chi connectivity index (χ0v) is 10.2. The van der Waals surface area contributed by atoms with E-state index in [1.54, 1.807) is 10.8 Å². The maximum Gasteiger partial charge on any atom is 0.330 e. The van der Waals surface area contributed by atoms with Gasteiger partial charge in [0.05, 0.1) is 5.69 Å². The summed E-state index contributed by atoms with van der Waals surface area (Å²) in [5, 5.41) is 3.12. The fraction of sp³-hybridized carbons (Fsp3) is 0.308. The molecule has 90 valence electrons. The molecule has 4 nitrogen and oxygen atoms in total. The summed E-state index contributed by atoms with van der Waals surface area (Å²) in [6, 6.07) is 8.08. The van der Waals surface area contributed by atoms with Crippen LogP contribution in [-0.4, -0.2) is 23.1 Å². The Morgan fingerprint density at radius 1 is 1.29 bits per heavy atom. The van der Waals surface area contributed by atoms with Crippen molar-refractivity contribution >= 4 is 0 Å². The summed E-state index contributed by atoms with van der Waals surface area (Å²) < 4.78 is 1.67. The minimum atomic E-state index is -0.0922. The number of nitrogens with zero attached hydrogens (tertiary/aromatic N) is 1. The number of aryl methyl sites for hydroxylation is 1. The lowest BCUT2D eigenvalue weighted by Gasteiger charge is -2.06. The van der Waals surface area contributed by atoms with Crippen LogP contribution >= 0.6 is 0 Å². The maximum atomic E-state index is 11.6. The van der Waals surface area contributed by atoms with E-state index in [9.17, 15) is 4.79 Å². The molecule has 0 aliphatic rings. The number of hydrogen-bond donors (Lipinski definition) is 2. The first-order chi connectivity index (χ1) is 8.22. The second-order valence-electron chi connectivity index (χ2n) is 4.09. The standard InChI is InChI=1S/C13H17N3O/c1-10-9-15-13(17)16(10)12-5-3-11(4-6-12)7-8-14-2/h3-6,9,14H,7-8H2,1-2H3,(H,15,17). The fourth-order valence-corrected chi connectivity index (χ4v) is 1.86. The van der Waals surface area contributed by atoms with Crippen LogP contribution in [0.4, 0.5) is 0 Å². The number of rotatable bonds is 4. The van der Waals surface area contributed by atoms with E-state index in [1.165, 1.54) is 5.56 Å². The van der Waals surface area contributed by atoms with Crippen molar-refractivity contribution in [3.63, 3.8) is 0 Å². The molecule has 2 N–H and O–H groups in total. The second kappa shape index (κ2) is 5.01. The van der Waals surface area contributed by atoms with Gasteiger partial charge < -0.3 is 10.3 Å². The zero-order valence-electron chi connectivity index (χ0n) is 10.2. The summed E-state index contributed by atoms with van der Waals surface area (Å²) in [6.45, 7) is 2.87. The highest BCUT2D eigenvalue weighted by molar-refractivity contribution is 5.36. The number of likely N-dealkylation sites (N-methyl/N-ethyl adjacent to an activating group) is 1. The van der Waals surface area contributed by atoms with Crippen molar-refractivity contribution in [2.45, 2.75) is 13.3 Å². The third-order valence-electron chi connectivity index (χ3n) is 2.82. The smallest absolute Gasteiger partial charge is 0.319 e. The normalized spacial score (nSPS) is 10.7. The number of nitrogens with one attached hydrogen (secondary N) is 2. The SMILES string of the molecule is CNCCc1ccc(-n2c(C)c[nH]c2=O)cc1. The first kappa shape index (κ1) is 11.7. The van der Waals surface area contributed by atoms with Crippen LogP contribution in [0.5, 0.6) is 0 Å². The molecule has 1 aromatic carbocycles. The Morgan fingerprint density at radius 3 is 2.53 bits per heavy atom. The molecule has 4 heteroatoms. The van der Waals surface area contributed by atoms with E-state index in [1.807, 2.05) is 26.1 Å². The van der Waals surface area contributed by atoms with Crippen LogP contribution in [0, 0.1) is 6.92 Å². The third kappa shape index (κ3) is 2.47. The Bertz CT molecular complexity index is 537. The van der Waals surface area contributed by atoms with E-state index in [0.717, 1.165) is 24.3 Å². The average Bonchev–Trinajstić information content (AvgIpc) is 2.67. The van der Waals surface area contributed by atoms with E-state index in [-0.39, 0.29) is 5.69 Å². The summed E-state index contributed by atoms with van der Waals surface area (Å²) in [5.74, 6) is 0. The van der Waals surface area contributed by atoms with Crippen LogP contribution in [0.15, 0.2) is 35.3 Å². The summed E-state index contributed by atoms with van der Waals surface area (Å²) in [5.41, 5.74) is 3.00. The Morgan fingerprint density at radius 2 is 2.00 bits per heavy atom. The monoisotopic (exact) mass is 231 g/mol. The summed E-state index contributed by atoms with van der Waals surface area (Å²) >= 11 is 0. The van der Waals surface area contributed by atoms with Gasteiger partial charge in [0, 0.05) is 11.9 Å². The van der Waals surface area contributed by atoms with E-state index in [4.69, 9.17) is 0 Å². The number of imidazole rings is 1. The lowest BCUT2D eigenvalue weighted by molar-refractivity contribution is 0.791. The van der Waals surface area contributed by atoms with Crippen LogP contribution in [-0.2, 0) is 6.42 Å². The predicted octanol–water partition coefficient (Wildman–Crippen LogP) is 1.24. The molecule has 2 rings (SSSR count). The number of benzene rings is 1. The van der Waals surface area contributed by atoms with Gasteiger partial charge in [-0.3, -0.25) is 4.57 Å². The van der Waals surface area contributed by atoms with Gasteiger partial charge in [-0.25, -0.2) is 4.79 Å². The van der Waals surface area contributed by atoms with Crippen LogP contribution in [0.25, 0.3) is 5.69 Å². The topological polar surface area (TPSA) is 49.8 Å². The molecular formula is C13H17N3O. The van der Waals surface area contributed by atoms with Crippen LogP contribution in [0.3, 0.4) is 0 Å². The lowest BCUT2D eigenvalue weighted by Crippen LogP contribution is -2.16. The van der Waals surface area contributed by atoms with Crippen molar-refractivity contribution in [2.24, 2.45) is 0 Å². The van der Waals surface area contributed by atoms with Crippen molar-refractivity contribution in [3.05, 3.63) is 52.2 Å². The van der Waals surface area contributed by atoms with E-state index in [0.29, 0.717) is 0 Å². The third-order valence-corrected chi connectivity index (χ3v) is 2.82. The van der Waals surface area contributed by atoms with Gasteiger partial charge >= 0.3 is 5.69 Å². The molecule has 17 heavy (non-hydrogen) atoms. The summed E-state index contributed by atoms with van der Waals surface area (Å²) in [6.07, 6.45) is 2.72. The molecule has 0 spiro atoms. The van der Waals surface area contributed by atoms with Gasteiger partial charge in [-0.1, -0.05) is 12.1 Å². The highest BCUT2D eigenvalue weighted by atomic mass is 16.1. The maximum absolute atomic E-state index is 11.6. The van der Waals surface area contributed by atoms with E-state index in [2.05, 4.69) is 22.4 Å². The number of aromatic amines is 1. The van der Waals surface area contributed by atoms with Crippen molar-refractivity contribution < 1.29 is 0 Å². The molecule has 0 aliphatic heterocycles. The Kier molecular flexibility index (Phi) is 3.44. The summed E-state index contributed by atoms with van der Waals surface area (Å²) in [7, 11) is 1.94. The molecule has 1 aromatic heterocycles. The number of hydrogen-bond acceptors (Lipinski definition) is 2. The minimum absolute atomic E-state index is 0.0922. The average molecular weight is 231 g/mol. The molecule has 1 heterocycles. The molecule has 2 aromatic rings. The van der Waals surface area contributed by atoms with Gasteiger partial charge in [0.25, 0.3) is 0 Å². The van der Waals surface area contributed by atoms with Gasteiger partial charge in [0.15, 0.2) is 0 Å². The molecule has 0 bridgehead atoms. The Hall–Kier alpha value is -1.81. The quantitative estimate of drug-likeness (QED) is 0.831. The Balaban J connectivity index is 2.27. The van der Waals surface area contributed by atoms with Crippen molar-refractivity contribution in [1.82, 2.24) is 14.9 Å². The van der Waals surface area contributed by atoms with E-state index < -0.39 is 0 Å². The fourth-order valence-electron chi connectivity index (χ4n) is 1.86. The molecule has 0 fully saturated rings. The number of aromatic nitrogens is 2. The molecule has 0 atom stereocenters. The molecular weight excluding hydrogens is 214 g/mol. The van der Waals surface area contributed by atoms with Gasteiger partial charge in [-0.2, -0.15) is 0 Å². The van der Waals surface area contributed by atoms with Crippen molar-refractivity contribution in [3.8, 4) is 5.69 Å². The van der Waals surface area contributed by atoms with Crippen LogP contribution in [0.2, 0.25) is 0 Å². The van der Waals surface area contributed by atoms with Crippen molar-refractivity contribution in [2.75, 3.05) is 13.6 Å². The van der Waals surface area contributed by atoms with Gasteiger partial charge in [0.1, 0.15) is 0 Å². The molecule has 0 saturated heterocycles. The van der Waals surface area contributed by atoms with Crippen LogP contribution < -0.4 is 11.0 Å². The first-order valence-corrected chi connectivity index (χ1v) is 5.73. The largest absolute Gasteiger partial charge is 0.330 e. The predicted molar refractivity (Wildman–Crippen MR) is 68.8 cm³/mol. The number of H-pyrrole nitrogens is 1. The Labute approximate surface area is 100 Å². The molecule has 0 saturated carbocycles. The second-order valence-corrected chi connectivity index (χ2v) is 4.09. The molecule has 0 unspecified atom stereocenters. The molecule has 0 amide bonds. The van der Waals surface area contributed by atoms with Gasteiger partial charge in [0.2, 0.25) is 0 Å². The highest BCUT2D eigenvalue weighted by Gasteiger charge is 2.04. The highest BCUT2D eigenvalue weighted by Crippen LogP contribution is 2.10. The van der Waals surface area contributed by atoms with E-state index >= 15 is 0 Å². The first-order valence-electron chi connectivity index (χ1n) is 5.73. The lowest BCUT2D eigenvalue weighted by atomic mass is 10.1. The minimum Gasteiger partial charge on any atom is -0.319 e. The van der Waals surface area contributed by atoms with Crippen LogP contribution in [0.1, 0.15) is 11.3 Å². The van der Waals surface area contributed by atoms with Gasteiger partial charge in [-0.15, -0.1) is 0 Å². The summed E-state index contributed by atoms with van der Waals surface area (Å²) in [4.78, 5) is 14.3. The zero-order chi connectivity index (χ0) is 12.3.